The molecule has 1 N–H and O–H groups in total. The van der Waals surface area contributed by atoms with Crippen LogP contribution in [0.4, 0.5) is 10.3 Å². The van der Waals surface area contributed by atoms with Crippen LogP contribution in [0.2, 0.25) is 0 Å². The lowest BCUT2D eigenvalue weighted by molar-refractivity contribution is -0.129. The number of rotatable bonds is 4. The molecule has 0 saturated carbocycles. The summed E-state index contributed by atoms with van der Waals surface area (Å²) >= 11 is 0. The van der Waals surface area contributed by atoms with E-state index in [1.54, 1.807) is 18.2 Å². The first-order valence-corrected chi connectivity index (χ1v) is 5.58. The first kappa shape index (κ1) is 13.4. The largest absolute Gasteiger partial charge is 0.450 e. The molecule has 0 aliphatic heterocycles. The number of halogens is 1. The second-order valence-electron chi connectivity index (χ2n) is 3.60. The van der Waals surface area contributed by atoms with Gasteiger partial charge in [0.15, 0.2) is 0 Å². The molecule has 1 heterocycles. The van der Waals surface area contributed by atoms with Crippen molar-refractivity contribution in [1.82, 2.24) is 9.97 Å². The zero-order valence-corrected chi connectivity index (χ0v) is 10.2. The summed E-state index contributed by atoms with van der Waals surface area (Å²) in [6.07, 6.45) is 0.539. The highest BCUT2D eigenvalue weighted by molar-refractivity contribution is 5.91. The minimum absolute atomic E-state index is 0.00775. The van der Waals surface area contributed by atoms with Crippen LogP contribution in [0.5, 0.6) is 5.75 Å². The summed E-state index contributed by atoms with van der Waals surface area (Å²) in [5.74, 6) is -1.09. The van der Waals surface area contributed by atoms with E-state index in [0.717, 1.165) is 0 Å². The van der Waals surface area contributed by atoms with Gasteiger partial charge < -0.3 is 4.74 Å². The Hall–Kier alpha value is -3.01. The fraction of sp³-hybridized carbons (Fsp3) is 0.0769. The number of carbonyl (C=O) groups is 1. The summed E-state index contributed by atoms with van der Waals surface area (Å²) in [6, 6.07) is 9.44. The van der Waals surface area contributed by atoms with Gasteiger partial charge in [0, 0.05) is 12.4 Å². The average molecular weight is 272 g/mol. The molecule has 0 radical (unpaired) electrons. The number of ether oxygens (including phenoxy) is 1. The van der Waals surface area contributed by atoms with Crippen molar-refractivity contribution in [3.63, 3.8) is 0 Å². The number of anilines is 1. The number of aromatic nitrogens is 2. The number of amides is 1. The lowest BCUT2D eigenvalue weighted by Crippen LogP contribution is -2.29. The maximum Gasteiger partial charge on any atom is 0.317 e. The predicted molar refractivity (Wildman–Crippen MR) is 67.3 cm³/mol. The summed E-state index contributed by atoms with van der Waals surface area (Å²) in [7, 11) is 0. The maximum atomic E-state index is 13.7. The van der Waals surface area contributed by atoms with Crippen molar-refractivity contribution in [3.8, 4) is 11.8 Å². The van der Waals surface area contributed by atoms with Gasteiger partial charge in [0.1, 0.15) is 11.8 Å². The summed E-state index contributed by atoms with van der Waals surface area (Å²) in [6.45, 7) is 0. The fourth-order valence-electron chi connectivity index (χ4n) is 1.36. The minimum atomic E-state index is -2.27. The van der Waals surface area contributed by atoms with Crippen LogP contribution in [0.15, 0.2) is 42.7 Å². The number of carbonyl (C=O) groups excluding carboxylic acids is 1. The van der Waals surface area contributed by atoms with Crippen molar-refractivity contribution in [1.29, 1.82) is 5.26 Å². The van der Waals surface area contributed by atoms with Crippen LogP contribution in [0.25, 0.3) is 0 Å². The maximum absolute atomic E-state index is 13.7. The fourth-order valence-corrected chi connectivity index (χ4v) is 1.36. The van der Waals surface area contributed by atoms with Gasteiger partial charge in [-0.3, -0.25) is 10.1 Å². The number of nitrogens with one attached hydrogen (secondary N) is 1. The molecule has 6 nitrogen and oxygen atoms in total. The highest BCUT2D eigenvalue weighted by Crippen LogP contribution is 2.18. The number of hydrogen-bond donors (Lipinski definition) is 1. The van der Waals surface area contributed by atoms with Crippen LogP contribution in [0.1, 0.15) is 5.56 Å². The van der Waals surface area contributed by atoms with Crippen molar-refractivity contribution in [2.75, 3.05) is 5.32 Å². The predicted octanol–water partition coefficient (Wildman–Crippen LogP) is 1.66. The van der Waals surface area contributed by atoms with E-state index in [1.807, 2.05) is 6.07 Å². The van der Waals surface area contributed by atoms with Gasteiger partial charge >= 0.3 is 12.3 Å². The van der Waals surface area contributed by atoms with Gasteiger partial charge in [-0.2, -0.15) is 9.65 Å². The first-order chi connectivity index (χ1) is 9.70. The van der Waals surface area contributed by atoms with Gasteiger partial charge in [-0.1, -0.05) is 12.1 Å². The Labute approximate surface area is 113 Å². The summed E-state index contributed by atoms with van der Waals surface area (Å²) in [5, 5.41) is 11.0. The molecule has 1 aromatic carbocycles. The number of hydrogen-bond acceptors (Lipinski definition) is 5. The molecule has 2 rings (SSSR count). The third-order valence-corrected chi connectivity index (χ3v) is 2.24. The molecule has 1 amide bonds. The molecule has 7 heteroatoms. The van der Waals surface area contributed by atoms with Gasteiger partial charge in [-0.25, -0.2) is 9.97 Å². The third-order valence-electron chi connectivity index (χ3n) is 2.24. The quantitative estimate of drug-likeness (QED) is 0.914. The molecule has 1 atom stereocenters. The van der Waals surface area contributed by atoms with Crippen LogP contribution in [-0.2, 0) is 4.79 Å². The number of para-hydroxylation sites is 1. The van der Waals surface area contributed by atoms with Crippen LogP contribution >= 0.6 is 0 Å². The van der Waals surface area contributed by atoms with E-state index in [4.69, 9.17) is 10.00 Å². The Balaban J connectivity index is 2.03. The second kappa shape index (κ2) is 6.24. The third kappa shape index (κ3) is 3.26. The molecular weight excluding hydrogens is 263 g/mol. The Kier molecular flexibility index (Phi) is 4.19. The molecule has 1 aromatic heterocycles. The lowest BCUT2D eigenvalue weighted by atomic mass is 10.2. The molecule has 1 unspecified atom stereocenters. The van der Waals surface area contributed by atoms with Gasteiger partial charge in [-0.15, -0.1) is 0 Å². The van der Waals surface area contributed by atoms with Crippen LogP contribution in [0, 0.1) is 11.3 Å². The van der Waals surface area contributed by atoms with E-state index in [-0.39, 0.29) is 17.3 Å². The Morgan fingerprint density at radius 2 is 2.00 bits per heavy atom. The summed E-state index contributed by atoms with van der Waals surface area (Å²) in [5.41, 5.74) is 0.138. The zero-order chi connectivity index (χ0) is 14.4. The monoisotopic (exact) mass is 272 g/mol. The van der Waals surface area contributed by atoms with Gasteiger partial charge in [-0.05, 0) is 18.2 Å². The number of alkyl halides is 1. The molecule has 2 aromatic rings. The molecule has 0 aliphatic rings. The van der Waals surface area contributed by atoms with Crippen molar-refractivity contribution in [2.24, 2.45) is 0 Å². The van der Waals surface area contributed by atoms with E-state index in [9.17, 15) is 9.18 Å². The molecule has 0 fully saturated rings. The number of nitriles is 1. The normalized spacial score (nSPS) is 11.2. The van der Waals surface area contributed by atoms with E-state index >= 15 is 0 Å². The van der Waals surface area contributed by atoms with E-state index < -0.39 is 12.3 Å². The van der Waals surface area contributed by atoms with Crippen LogP contribution < -0.4 is 10.1 Å². The zero-order valence-electron chi connectivity index (χ0n) is 10.2. The van der Waals surface area contributed by atoms with Gasteiger partial charge in [0.05, 0.1) is 5.56 Å². The number of benzene rings is 1. The van der Waals surface area contributed by atoms with Crippen LogP contribution in [0.3, 0.4) is 0 Å². The van der Waals surface area contributed by atoms with Crippen LogP contribution in [-0.4, -0.2) is 22.2 Å². The SMILES string of the molecule is N#Cc1ccccc1OC(F)C(=O)Nc1ncccn1. The number of nitrogens with zero attached hydrogens (tertiary/aromatic N) is 3. The van der Waals surface area contributed by atoms with E-state index in [0.29, 0.717) is 0 Å². The molecular formula is C13H9FN4O2. The topological polar surface area (TPSA) is 87.9 Å². The molecule has 100 valence electrons. The standard InChI is InChI=1S/C13H9FN4O2/c14-11(12(19)18-13-16-6-3-7-17-13)20-10-5-2-1-4-9(10)8-15/h1-7,11H,(H,16,17,18,19). The first-order valence-electron chi connectivity index (χ1n) is 5.58. The Morgan fingerprint density at radius 3 is 2.70 bits per heavy atom. The molecule has 0 spiro atoms. The van der Waals surface area contributed by atoms with E-state index in [1.165, 1.54) is 24.5 Å². The van der Waals surface area contributed by atoms with Gasteiger partial charge in [0.25, 0.3) is 0 Å². The summed E-state index contributed by atoms with van der Waals surface area (Å²) in [4.78, 5) is 19.0. The highest BCUT2D eigenvalue weighted by Gasteiger charge is 2.21. The highest BCUT2D eigenvalue weighted by atomic mass is 19.1. The second-order valence-corrected chi connectivity index (χ2v) is 3.60. The molecule has 0 bridgehead atoms. The molecule has 0 aliphatic carbocycles. The van der Waals surface area contributed by atoms with Crippen molar-refractivity contribution >= 4 is 11.9 Å². The lowest BCUT2D eigenvalue weighted by Gasteiger charge is -2.11. The van der Waals surface area contributed by atoms with Gasteiger partial charge in [0.2, 0.25) is 5.95 Å². The molecule has 0 saturated heterocycles. The Morgan fingerprint density at radius 1 is 1.30 bits per heavy atom. The smallest absolute Gasteiger partial charge is 0.317 e. The average Bonchev–Trinajstić information content (AvgIpc) is 2.48. The van der Waals surface area contributed by atoms with Crippen molar-refractivity contribution in [3.05, 3.63) is 48.3 Å². The Bertz CT molecular complexity index is 642. The minimum Gasteiger partial charge on any atom is -0.450 e. The van der Waals surface area contributed by atoms with Crippen molar-refractivity contribution < 1.29 is 13.9 Å². The summed E-state index contributed by atoms with van der Waals surface area (Å²) < 4.78 is 18.5. The molecule has 20 heavy (non-hydrogen) atoms. The van der Waals surface area contributed by atoms with Crippen molar-refractivity contribution in [2.45, 2.75) is 6.36 Å². The van der Waals surface area contributed by atoms with E-state index in [2.05, 4.69) is 15.3 Å².